The molecule has 2 aromatic carbocycles. The van der Waals surface area contributed by atoms with E-state index < -0.39 is 0 Å². The van der Waals surface area contributed by atoms with Gasteiger partial charge in [-0.2, -0.15) is 0 Å². The summed E-state index contributed by atoms with van der Waals surface area (Å²) in [6, 6.07) is 14.8. The van der Waals surface area contributed by atoms with Gasteiger partial charge in [-0.05, 0) is 42.3 Å². The molecule has 2 rings (SSSR count). The highest BCUT2D eigenvalue weighted by molar-refractivity contribution is 14.0. The van der Waals surface area contributed by atoms with Gasteiger partial charge in [-0.3, -0.25) is 9.79 Å². The molecule has 0 aliphatic rings. The lowest BCUT2D eigenvalue weighted by atomic mass is 10.1. The van der Waals surface area contributed by atoms with Crippen LogP contribution in [0, 0.1) is 12.3 Å². The fourth-order valence-corrected chi connectivity index (χ4v) is 2.51. The first kappa shape index (κ1) is 22.8. The van der Waals surface area contributed by atoms with E-state index in [1.807, 2.05) is 24.3 Å². The molecule has 0 saturated carbocycles. The Balaban J connectivity index is 0.00000364. The number of benzene rings is 2. The Hall–Kier alpha value is -2.24. The van der Waals surface area contributed by atoms with E-state index in [0.29, 0.717) is 23.8 Å². The minimum atomic E-state index is -0.183. The molecule has 0 aromatic heterocycles. The number of halogens is 2. The molecule has 0 heterocycles. The van der Waals surface area contributed by atoms with E-state index in [1.54, 1.807) is 31.3 Å². The van der Waals surface area contributed by atoms with Crippen molar-refractivity contribution >= 4 is 53.1 Å². The van der Waals surface area contributed by atoms with E-state index in [1.165, 1.54) is 0 Å². The maximum absolute atomic E-state index is 12.0. The van der Waals surface area contributed by atoms with E-state index in [9.17, 15) is 4.79 Å². The number of anilines is 1. The molecular weight excluding hydrogens is 475 g/mol. The zero-order chi connectivity index (χ0) is 18.8. The first-order valence-corrected chi connectivity index (χ1v) is 8.54. The minimum Gasteiger partial charge on any atom is -0.356 e. The summed E-state index contributed by atoms with van der Waals surface area (Å²) in [6.07, 6.45) is 6.15. The first-order valence-electron chi connectivity index (χ1n) is 8.16. The average molecular weight is 497 g/mol. The molecule has 0 aliphatic carbocycles. The summed E-state index contributed by atoms with van der Waals surface area (Å²) in [4.78, 5) is 16.1. The number of rotatable bonds is 6. The van der Waals surface area contributed by atoms with E-state index in [2.05, 4.69) is 26.9 Å². The third-order valence-corrected chi connectivity index (χ3v) is 3.78. The second-order valence-electron chi connectivity index (χ2n) is 5.51. The number of nitrogens with zero attached hydrogens (tertiary/aromatic N) is 1. The zero-order valence-corrected chi connectivity index (χ0v) is 18.0. The van der Waals surface area contributed by atoms with Crippen LogP contribution in [0.5, 0.6) is 0 Å². The van der Waals surface area contributed by atoms with Gasteiger partial charge in [0, 0.05) is 29.9 Å². The topological polar surface area (TPSA) is 65.5 Å². The molecule has 0 unspecified atom stereocenters. The Morgan fingerprint density at radius 3 is 2.67 bits per heavy atom. The molecule has 7 heteroatoms. The number of hydrogen-bond donors (Lipinski definition) is 3. The van der Waals surface area contributed by atoms with Crippen LogP contribution in [0.15, 0.2) is 53.5 Å². The summed E-state index contributed by atoms with van der Waals surface area (Å²) in [5.74, 6) is 2.91. The van der Waals surface area contributed by atoms with Gasteiger partial charge in [0.25, 0.3) is 0 Å². The van der Waals surface area contributed by atoms with Gasteiger partial charge < -0.3 is 16.0 Å². The first-order chi connectivity index (χ1) is 12.6. The van der Waals surface area contributed by atoms with Crippen LogP contribution in [0.1, 0.15) is 11.1 Å². The molecule has 0 fully saturated rings. The molecule has 2 aromatic rings. The molecule has 0 radical (unpaired) electrons. The van der Waals surface area contributed by atoms with Crippen molar-refractivity contribution < 1.29 is 4.79 Å². The van der Waals surface area contributed by atoms with Gasteiger partial charge in [-0.25, -0.2) is 0 Å². The second-order valence-corrected chi connectivity index (χ2v) is 5.94. The van der Waals surface area contributed by atoms with Crippen LogP contribution in [0.4, 0.5) is 5.69 Å². The second kappa shape index (κ2) is 12.2. The van der Waals surface area contributed by atoms with Crippen LogP contribution in [-0.4, -0.2) is 32.0 Å². The lowest BCUT2D eigenvalue weighted by Crippen LogP contribution is -2.42. The van der Waals surface area contributed by atoms with Gasteiger partial charge in [0.2, 0.25) is 5.91 Å². The molecule has 27 heavy (non-hydrogen) atoms. The fourth-order valence-electron chi connectivity index (χ4n) is 2.29. The van der Waals surface area contributed by atoms with E-state index in [0.717, 1.165) is 17.0 Å². The zero-order valence-electron chi connectivity index (χ0n) is 15.0. The minimum absolute atomic E-state index is 0. The van der Waals surface area contributed by atoms with Crippen molar-refractivity contribution in [3.63, 3.8) is 0 Å². The van der Waals surface area contributed by atoms with Crippen LogP contribution < -0.4 is 16.0 Å². The molecule has 3 N–H and O–H groups in total. The number of guanidine groups is 1. The van der Waals surface area contributed by atoms with E-state index in [4.69, 9.17) is 18.0 Å². The van der Waals surface area contributed by atoms with Crippen molar-refractivity contribution in [2.24, 2.45) is 4.99 Å². The van der Waals surface area contributed by atoms with Crippen LogP contribution >= 0.6 is 35.6 Å². The number of amides is 1. The molecule has 0 aliphatic heterocycles. The number of terminal acetylenes is 1. The summed E-state index contributed by atoms with van der Waals surface area (Å²) in [7, 11) is 1.66. The van der Waals surface area contributed by atoms with E-state index in [-0.39, 0.29) is 36.4 Å². The van der Waals surface area contributed by atoms with Crippen molar-refractivity contribution in [1.29, 1.82) is 0 Å². The quantitative estimate of drug-likeness (QED) is 0.249. The van der Waals surface area contributed by atoms with Crippen molar-refractivity contribution in [2.75, 3.05) is 25.5 Å². The van der Waals surface area contributed by atoms with Gasteiger partial charge in [-0.1, -0.05) is 35.7 Å². The smallest absolute Gasteiger partial charge is 0.243 e. The molecule has 0 atom stereocenters. The summed E-state index contributed by atoms with van der Waals surface area (Å²) >= 11 is 5.97. The maximum atomic E-state index is 12.0. The number of hydrogen-bond acceptors (Lipinski definition) is 2. The van der Waals surface area contributed by atoms with Gasteiger partial charge in [0.05, 0.1) is 6.54 Å². The van der Waals surface area contributed by atoms with E-state index >= 15 is 0 Å². The third kappa shape index (κ3) is 8.33. The molecule has 0 saturated heterocycles. The number of carbonyl (C=O) groups is 1. The summed E-state index contributed by atoms with van der Waals surface area (Å²) < 4.78 is 0. The summed E-state index contributed by atoms with van der Waals surface area (Å²) in [6.45, 7) is 0.767. The predicted octanol–water partition coefficient (Wildman–Crippen LogP) is 3.29. The highest BCUT2D eigenvalue weighted by Gasteiger charge is 2.05. The lowest BCUT2D eigenvalue weighted by Gasteiger charge is -2.12. The van der Waals surface area contributed by atoms with Gasteiger partial charge >= 0.3 is 0 Å². The largest absolute Gasteiger partial charge is 0.356 e. The van der Waals surface area contributed by atoms with Crippen molar-refractivity contribution in [1.82, 2.24) is 10.6 Å². The van der Waals surface area contributed by atoms with Crippen molar-refractivity contribution in [3.8, 4) is 12.3 Å². The highest BCUT2D eigenvalue weighted by atomic mass is 127. The lowest BCUT2D eigenvalue weighted by molar-refractivity contribution is -0.115. The predicted molar refractivity (Wildman–Crippen MR) is 123 cm³/mol. The van der Waals surface area contributed by atoms with Crippen molar-refractivity contribution in [3.05, 3.63) is 64.7 Å². The molecule has 0 spiro atoms. The highest BCUT2D eigenvalue weighted by Crippen LogP contribution is 2.11. The van der Waals surface area contributed by atoms with Crippen LogP contribution in [0.2, 0.25) is 5.02 Å². The monoisotopic (exact) mass is 496 g/mol. The molecule has 5 nitrogen and oxygen atoms in total. The molecule has 1 amide bonds. The van der Waals surface area contributed by atoms with Crippen LogP contribution in [0.25, 0.3) is 0 Å². The standard InChI is InChI=1S/C20H21ClN4O.HI/c1-3-15-6-5-9-18(13-15)25-19(26)14-24-20(22-2)23-11-10-16-7-4-8-17(21)12-16;/h1,4-9,12-13H,10-11,14H2,2H3,(H,25,26)(H2,22,23,24);1H. The number of carbonyl (C=O) groups excluding carboxylic acids is 1. The Morgan fingerprint density at radius 2 is 1.96 bits per heavy atom. The maximum Gasteiger partial charge on any atom is 0.243 e. The summed E-state index contributed by atoms with van der Waals surface area (Å²) in [5, 5.41) is 9.65. The van der Waals surface area contributed by atoms with Crippen LogP contribution in [-0.2, 0) is 11.2 Å². The Bertz CT molecular complexity index is 833. The normalized spacial score (nSPS) is 10.3. The SMILES string of the molecule is C#Cc1cccc(NC(=O)CNC(=NC)NCCc2cccc(Cl)c2)c1.I. The van der Waals surface area contributed by atoms with Gasteiger partial charge in [-0.15, -0.1) is 30.4 Å². The average Bonchev–Trinajstić information content (AvgIpc) is 2.64. The Labute approximate surface area is 182 Å². The number of aliphatic imine (C=N–C) groups is 1. The molecular formula is C20H22ClIN4O. The Kier molecular flexibility index (Phi) is 10.3. The van der Waals surface area contributed by atoms with Gasteiger partial charge in [0.15, 0.2) is 5.96 Å². The number of nitrogens with one attached hydrogen (secondary N) is 3. The Morgan fingerprint density at radius 1 is 1.19 bits per heavy atom. The fraction of sp³-hybridized carbons (Fsp3) is 0.200. The summed E-state index contributed by atoms with van der Waals surface area (Å²) in [5.41, 5.74) is 2.51. The van der Waals surface area contributed by atoms with Crippen molar-refractivity contribution in [2.45, 2.75) is 6.42 Å². The van der Waals surface area contributed by atoms with Crippen LogP contribution in [0.3, 0.4) is 0 Å². The molecule has 142 valence electrons. The van der Waals surface area contributed by atoms with Gasteiger partial charge in [0.1, 0.15) is 0 Å². The molecule has 0 bridgehead atoms. The third-order valence-electron chi connectivity index (χ3n) is 3.55.